The predicted octanol–water partition coefficient (Wildman–Crippen LogP) is 2.95. The zero-order valence-electron chi connectivity index (χ0n) is 21.4. The number of rotatable bonds is 10. The number of ether oxygens (including phenoxy) is 4. The van der Waals surface area contributed by atoms with Gasteiger partial charge in [-0.15, -0.1) is 0 Å². The third-order valence-corrected chi connectivity index (χ3v) is 3.89. The number of nitrogens with one attached hydrogen (secondary N) is 1. The molecular weight excluding hydrogens is 477 g/mol. The van der Waals surface area contributed by atoms with Crippen molar-refractivity contribution < 1.29 is 28.5 Å². The standard InChI is InChI=1S/C11H11N3O2.C11H14O3.C3H6O2.CH3.B/c12-11-13-6-9(10(15)14-11)16-7-8-4-2-1-3-5-8;1-2-14-11(12)9-13-8-10-6-4-3-5-7-10;1-2-5-3-4;;/h1-6H,7H2,(H3,12,13,14,15);3-7H,2,8-9H2,1H3;3H,2H2,1H3;1H3;/q;;;2*-1. The van der Waals surface area contributed by atoms with Gasteiger partial charge in [0.05, 0.1) is 26.0 Å². The van der Waals surface area contributed by atoms with Gasteiger partial charge in [-0.2, -0.15) is 0 Å². The molecule has 3 aromatic rings. The predicted molar refractivity (Wildman–Crippen MR) is 143 cm³/mol. The van der Waals surface area contributed by atoms with E-state index in [-0.39, 0.29) is 45.7 Å². The molecule has 0 aliphatic carbocycles. The molecule has 1 heterocycles. The van der Waals surface area contributed by atoms with E-state index in [0.29, 0.717) is 32.9 Å². The van der Waals surface area contributed by atoms with Gasteiger partial charge in [-0.3, -0.25) is 14.6 Å². The van der Waals surface area contributed by atoms with Crippen LogP contribution >= 0.6 is 0 Å². The van der Waals surface area contributed by atoms with Gasteiger partial charge < -0.3 is 40.5 Å². The fourth-order valence-electron chi connectivity index (χ4n) is 2.33. The van der Waals surface area contributed by atoms with E-state index < -0.39 is 0 Å². The van der Waals surface area contributed by atoms with Gasteiger partial charge in [0.2, 0.25) is 5.75 Å². The van der Waals surface area contributed by atoms with Crippen molar-refractivity contribution >= 4 is 26.8 Å². The number of hydrogen-bond donors (Lipinski definition) is 2. The molecule has 0 unspecified atom stereocenters. The molecule has 1 aromatic heterocycles. The zero-order chi connectivity index (χ0) is 25.7. The molecule has 0 spiro atoms. The molecule has 3 rings (SSSR count). The maximum absolute atomic E-state index is 11.4. The van der Waals surface area contributed by atoms with Crippen LogP contribution in [0, 0.1) is 7.43 Å². The molecule has 0 amide bonds. The van der Waals surface area contributed by atoms with Crippen molar-refractivity contribution in [3.8, 4) is 5.75 Å². The maximum Gasteiger partial charge on any atom is 0.332 e. The quantitative estimate of drug-likeness (QED) is 0.182. The summed E-state index contributed by atoms with van der Waals surface area (Å²) in [7, 11) is 0. The summed E-state index contributed by atoms with van der Waals surface area (Å²) in [5, 5.41) is 0. The number of H-pyrrole nitrogens is 1. The molecule has 3 N–H and O–H groups in total. The van der Waals surface area contributed by atoms with E-state index in [1.807, 2.05) is 60.7 Å². The lowest BCUT2D eigenvalue weighted by Gasteiger charge is -2.04. The Morgan fingerprint density at radius 1 is 0.973 bits per heavy atom. The van der Waals surface area contributed by atoms with Crippen molar-refractivity contribution in [2.75, 3.05) is 25.6 Å². The Balaban J connectivity index is 0. The molecule has 4 radical (unpaired) electrons. The lowest BCUT2D eigenvalue weighted by Crippen LogP contribution is -2.14. The summed E-state index contributed by atoms with van der Waals surface area (Å²) in [6, 6.07) is 19.3. The molecule has 0 aliphatic rings. The molecule has 0 atom stereocenters. The molecule has 0 saturated carbocycles. The van der Waals surface area contributed by atoms with E-state index >= 15 is 0 Å². The fourth-order valence-corrected chi connectivity index (χ4v) is 2.33. The number of carbonyl (C=O) groups excluding carboxylic acids is 2. The highest BCUT2D eigenvalue weighted by Crippen LogP contribution is 2.05. The van der Waals surface area contributed by atoms with Crippen molar-refractivity contribution in [2.45, 2.75) is 27.1 Å². The molecule has 200 valence electrons. The Bertz CT molecular complexity index is 1040. The largest absolute Gasteiger partial charge is 1.00 e. The van der Waals surface area contributed by atoms with Crippen molar-refractivity contribution in [1.29, 1.82) is 0 Å². The molecular formula is C26H34BN3O7-2. The molecule has 2 aromatic carbocycles. The van der Waals surface area contributed by atoms with Crippen molar-refractivity contribution in [3.63, 3.8) is 0 Å². The minimum absolute atomic E-state index is 0. The van der Waals surface area contributed by atoms with Crippen molar-refractivity contribution in [2.24, 2.45) is 0 Å². The van der Waals surface area contributed by atoms with E-state index in [0.717, 1.165) is 11.1 Å². The number of aromatic amines is 1. The normalized spacial score (nSPS) is 8.92. The first-order valence-electron chi connectivity index (χ1n) is 10.8. The topological polar surface area (TPSA) is 143 Å². The van der Waals surface area contributed by atoms with E-state index in [4.69, 9.17) is 19.9 Å². The van der Waals surface area contributed by atoms with Gasteiger partial charge in [-0.05, 0) is 25.0 Å². The molecule has 0 saturated heterocycles. The summed E-state index contributed by atoms with van der Waals surface area (Å²) in [6.07, 6.45) is 1.32. The van der Waals surface area contributed by atoms with Crippen molar-refractivity contribution in [3.05, 3.63) is 95.8 Å². The fraction of sp³-hybridized carbons (Fsp3) is 0.269. The summed E-state index contributed by atoms with van der Waals surface area (Å²) in [6.45, 7) is 5.62. The maximum atomic E-state index is 11.4. The third-order valence-electron chi connectivity index (χ3n) is 3.89. The summed E-state index contributed by atoms with van der Waals surface area (Å²) < 4.78 is 19.3. The van der Waals surface area contributed by atoms with Crippen LogP contribution in [0.15, 0.2) is 71.7 Å². The first kappa shape index (κ1) is 35.0. The first-order valence-corrected chi connectivity index (χ1v) is 10.8. The number of esters is 1. The van der Waals surface area contributed by atoms with Gasteiger partial charge >= 0.3 is 5.97 Å². The van der Waals surface area contributed by atoms with Crippen LogP contribution < -0.4 is 16.0 Å². The van der Waals surface area contributed by atoms with Gasteiger partial charge in [0.15, 0.2) is 5.95 Å². The van der Waals surface area contributed by atoms with E-state index in [9.17, 15) is 14.4 Å². The number of anilines is 1. The van der Waals surface area contributed by atoms with Gasteiger partial charge in [-0.25, -0.2) is 9.78 Å². The highest BCUT2D eigenvalue weighted by Gasteiger charge is 2.02. The second-order valence-electron chi connectivity index (χ2n) is 6.57. The number of nitrogens with zero attached hydrogens (tertiary/aromatic N) is 1. The lowest BCUT2D eigenvalue weighted by atomic mass is 10.2. The number of aromatic nitrogens is 2. The molecule has 37 heavy (non-hydrogen) atoms. The van der Waals surface area contributed by atoms with Crippen LogP contribution in [-0.4, -0.2) is 50.6 Å². The Hall–Kier alpha value is -4.12. The van der Waals surface area contributed by atoms with Crippen LogP contribution in [0.4, 0.5) is 5.95 Å². The van der Waals surface area contributed by atoms with Crippen LogP contribution in [0.5, 0.6) is 5.75 Å². The molecule has 0 aliphatic heterocycles. The Morgan fingerprint density at radius 3 is 2.00 bits per heavy atom. The Kier molecular flexibility index (Phi) is 21.2. The number of hydrogen-bond acceptors (Lipinski definition) is 9. The highest BCUT2D eigenvalue weighted by molar-refractivity contribution is 5.75. The smallest absolute Gasteiger partial charge is 0.332 e. The van der Waals surface area contributed by atoms with Gasteiger partial charge in [0.1, 0.15) is 13.2 Å². The third kappa shape index (κ3) is 17.0. The monoisotopic (exact) mass is 511 g/mol. The number of nitrogens with two attached hydrogens (primary N) is 1. The number of nitrogen functional groups attached to an aromatic ring is 1. The summed E-state index contributed by atoms with van der Waals surface area (Å²) >= 11 is 0. The van der Waals surface area contributed by atoms with Crippen LogP contribution in [-0.2, 0) is 37.0 Å². The number of carbonyl (C=O) groups is 2. The molecule has 10 nitrogen and oxygen atoms in total. The van der Waals surface area contributed by atoms with Gasteiger partial charge in [0, 0.05) is 0 Å². The Labute approximate surface area is 219 Å². The summed E-state index contributed by atoms with van der Waals surface area (Å²) in [5.74, 6) is -0.0708. The van der Waals surface area contributed by atoms with E-state index in [2.05, 4.69) is 14.7 Å². The summed E-state index contributed by atoms with van der Waals surface area (Å²) in [4.78, 5) is 37.5. The number of benzene rings is 2. The average Bonchev–Trinajstić information content (AvgIpc) is 2.86. The van der Waals surface area contributed by atoms with Crippen LogP contribution in [0.1, 0.15) is 25.0 Å². The molecule has 0 bridgehead atoms. The average molecular weight is 511 g/mol. The minimum atomic E-state index is -0.372. The van der Waals surface area contributed by atoms with Gasteiger partial charge in [0.25, 0.3) is 12.0 Å². The second-order valence-corrected chi connectivity index (χ2v) is 6.57. The first-order chi connectivity index (χ1) is 17.0. The molecule has 11 heteroatoms. The highest BCUT2D eigenvalue weighted by atomic mass is 16.6. The van der Waals surface area contributed by atoms with Crippen LogP contribution in [0.3, 0.4) is 0 Å². The van der Waals surface area contributed by atoms with Crippen molar-refractivity contribution in [1.82, 2.24) is 9.97 Å². The van der Waals surface area contributed by atoms with Gasteiger partial charge in [-0.1, -0.05) is 60.7 Å². The van der Waals surface area contributed by atoms with E-state index in [1.165, 1.54) is 6.20 Å². The minimum Gasteiger partial charge on any atom is -1.00 e. The second kappa shape index (κ2) is 22.4. The van der Waals surface area contributed by atoms with Crippen LogP contribution in [0.2, 0.25) is 0 Å². The summed E-state index contributed by atoms with van der Waals surface area (Å²) in [5.41, 5.74) is 6.98. The lowest BCUT2D eigenvalue weighted by molar-refractivity contribution is -0.148. The van der Waals surface area contributed by atoms with Crippen LogP contribution in [0.25, 0.3) is 0 Å². The zero-order valence-corrected chi connectivity index (χ0v) is 21.4. The van der Waals surface area contributed by atoms with E-state index in [1.54, 1.807) is 13.8 Å². The Morgan fingerprint density at radius 2 is 1.54 bits per heavy atom. The SMILES string of the molecule is CCOC(=O)COCc1ccccc1.CCOC=O.Nc1ncc(OCc2ccccc2)c(=O)[nH]1.[B-].[CH3-]. The molecule has 0 fully saturated rings.